The monoisotopic (exact) mass is 264 g/mol. The molecule has 4 heteroatoms. The van der Waals surface area contributed by atoms with Gasteiger partial charge in [0.1, 0.15) is 12.2 Å². The van der Waals surface area contributed by atoms with Crippen molar-refractivity contribution in [2.24, 2.45) is 11.8 Å². The maximum absolute atomic E-state index is 4.44. The molecule has 1 aromatic rings. The van der Waals surface area contributed by atoms with Gasteiger partial charge in [-0.25, -0.2) is 9.67 Å². The van der Waals surface area contributed by atoms with E-state index in [-0.39, 0.29) is 0 Å². The molecule has 0 aliphatic heterocycles. The lowest BCUT2D eigenvalue weighted by Gasteiger charge is -2.20. The SMILES string of the molecule is CNC(Cc1ncnn1CC(C)C)CC1CCCC1. The lowest BCUT2D eigenvalue weighted by atomic mass is 9.96. The summed E-state index contributed by atoms with van der Waals surface area (Å²) in [5.74, 6) is 2.66. The van der Waals surface area contributed by atoms with Crippen molar-refractivity contribution in [1.82, 2.24) is 20.1 Å². The highest BCUT2D eigenvalue weighted by Gasteiger charge is 2.21. The van der Waals surface area contributed by atoms with Crippen LogP contribution in [0.25, 0.3) is 0 Å². The molecule has 19 heavy (non-hydrogen) atoms. The minimum atomic E-state index is 0.540. The number of hydrogen-bond acceptors (Lipinski definition) is 3. The van der Waals surface area contributed by atoms with E-state index in [9.17, 15) is 0 Å². The van der Waals surface area contributed by atoms with E-state index in [1.807, 2.05) is 0 Å². The van der Waals surface area contributed by atoms with E-state index in [0.29, 0.717) is 12.0 Å². The molecule has 1 aliphatic rings. The molecule has 0 aromatic carbocycles. The highest BCUT2D eigenvalue weighted by Crippen LogP contribution is 2.29. The van der Waals surface area contributed by atoms with Crippen LogP contribution in [0.4, 0.5) is 0 Å². The lowest BCUT2D eigenvalue weighted by molar-refractivity contribution is 0.385. The summed E-state index contributed by atoms with van der Waals surface area (Å²) in [5.41, 5.74) is 0. The van der Waals surface area contributed by atoms with E-state index in [0.717, 1.165) is 24.7 Å². The first-order chi connectivity index (χ1) is 9.19. The topological polar surface area (TPSA) is 42.7 Å². The maximum Gasteiger partial charge on any atom is 0.138 e. The summed E-state index contributed by atoms with van der Waals surface area (Å²) in [6.07, 6.45) is 9.65. The van der Waals surface area contributed by atoms with Crippen LogP contribution < -0.4 is 5.32 Å². The van der Waals surface area contributed by atoms with Gasteiger partial charge < -0.3 is 5.32 Å². The average Bonchev–Trinajstić information content (AvgIpc) is 3.00. The number of nitrogens with zero attached hydrogens (tertiary/aromatic N) is 3. The van der Waals surface area contributed by atoms with E-state index in [1.54, 1.807) is 6.33 Å². The second-order valence-electron chi connectivity index (χ2n) is 6.33. The van der Waals surface area contributed by atoms with Gasteiger partial charge in [-0.1, -0.05) is 39.5 Å². The molecule has 1 aliphatic carbocycles. The Morgan fingerprint density at radius 1 is 1.37 bits per heavy atom. The Bertz CT molecular complexity index is 366. The van der Waals surface area contributed by atoms with E-state index in [2.05, 4.69) is 41.0 Å². The van der Waals surface area contributed by atoms with Gasteiger partial charge in [0, 0.05) is 19.0 Å². The van der Waals surface area contributed by atoms with Crippen LogP contribution in [-0.4, -0.2) is 27.9 Å². The number of aromatic nitrogens is 3. The third-order valence-corrected chi connectivity index (χ3v) is 4.16. The second-order valence-corrected chi connectivity index (χ2v) is 6.33. The first-order valence-electron chi connectivity index (χ1n) is 7.73. The average molecular weight is 264 g/mol. The molecule has 0 saturated heterocycles. The van der Waals surface area contributed by atoms with Crippen LogP contribution in [0.5, 0.6) is 0 Å². The third kappa shape index (κ3) is 4.30. The summed E-state index contributed by atoms with van der Waals surface area (Å²) in [4.78, 5) is 4.44. The highest BCUT2D eigenvalue weighted by molar-refractivity contribution is 4.91. The molecule has 4 nitrogen and oxygen atoms in total. The molecule has 108 valence electrons. The molecule has 0 radical (unpaired) electrons. The minimum absolute atomic E-state index is 0.540. The molecule has 1 unspecified atom stereocenters. The molecule has 1 aromatic heterocycles. The van der Waals surface area contributed by atoms with Gasteiger partial charge in [-0.05, 0) is 25.3 Å². The van der Waals surface area contributed by atoms with Crippen molar-refractivity contribution >= 4 is 0 Å². The summed E-state index contributed by atoms with van der Waals surface area (Å²) >= 11 is 0. The first kappa shape index (κ1) is 14.5. The van der Waals surface area contributed by atoms with Crippen LogP contribution >= 0.6 is 0 Å². The van der Waals surface area contributed by atoms with Crippen LogP contribution in [-0.2, 0) is 13.0 Å². The van der Waals surface area contributed by atoms with Crippen molar-refractivity contribution in [3.63, 3.8) is 0 Å². The zero-order valence-electron chi connectivity index (χ0n) is 12.6. The van der Waals surface area contributed by atoms with E-state index < -0.39 is 0 Å². The summed E-state index contributed by atoms with van der Waals surface area (Å²) in [6, 6.07) is 0.540. The van der Waals surface area contributed by atoms with Crippen LogP contribution in [0, 0.1) is 11.8 Å². The Balaban J connectivity index is 1.91. The van der Waals surface area contributed by atoms with Crippen LogP contribution in [0.1, 0.15) is 51.8 Å². The molecule has 0 bridgehead atoms. The molecule has 1 saturated carbocycles. The predicted molar refractivity (Wildman–Crippen MR) is 78.0 cm³/mol. The Hall–Kier alpha value is -0.900. The van der Waals surface area contributed by atoms with E-state index >= 15 is 0 Å². The Morgan fingerprint density at radius 2 is 2.11 bits per heavy atom. The lowest BCUT2D eigenvalue weighted by Crippen LogP contribution is -2.31. The molecule has 1 heterocycles. The zero-order chi connectivity index (χ0) is 13.7. The van der Waals surface area contributed by atoms with Crippen LogP contribution in [0.15, 0.2) is 6.33 Å². The van der Waals surface area contributed by atoms with Crippen LogP contribution in [0.2, 0.25) is 0 Å². The maximum atomic E-state index is 4.44. The fraction of sp³-hybridized carbons (Fsp3) is 0.867. The molecular formula is C15H28N4. The fourth-order valence-electron chi connectivity index (χ4n) is 3.12. The Labute approximate surface area is 117 Å². The van der Waals surface area contributed by atoms with Crippen LogP contribution in [0.3, 0.4) is 0 Å². The smallest absolute Gasteiger partial charge is 0.138 e. The normalized spacial score (nSPS) is 18.3. The van der Waals surface area contributed by atoms with E-state index in [4.69, 9.17) is 0 Å². The third-order valence-electron chi connectivity index (χ3n) is 4.16. The van der Waals surface area contributed by atoms with Crippen molar-refractivity contribution < 1.29 is 0 Å². The van der Waals surface area contributed by atoms with Crippen molar-refractivity contribution in [3.05, 3.63) is 12.2 Å². The Kier molecular flexibility index (Phi) is 5.37. The first-order valence-corrected chi connectivity index (χ1v) is 7.73. The number of likely N-dealkylation sites (N-methyl/N-ethyl adjacent to an activating group) is 1. The molecule has 2 rings (SSSR count). The molecule has 0 amide bonds. The van der Waals surface area contributed by atoms with Gasteiger partial charge in [0.15, 0.2) is 0 Å². The largest absolute Gasteiger partial charge is 0.317 e. The van der Waals surface area contributed by atoms with Gasteiger partial charge in [-0.2, -0.15) is 5.10 Å². The molecule has 1 atom stereocenters. The van der Waals surface area contributed by atoms with Gasteiger partial charge in [-0.3, -0.25) is 0 Å². The minimum Gasteiger partial charge on any atom is -0.317 e. The van der Waals surface area contributed by atoms with Gasteiger partial charge in [0.2, 0.25) is 0 Å². The summed E-state index contributed by atoms with van der Waals surface area (Å²) < 4.78 is 2.07. The van der Waals surface area contributed by atoms with Gasteiger partial charge in [0.05, 0.1) is 0 Å². The van der Waals surface area contributed by atoms with Crippen molar-refractivity contribution in [1.29, 1.82) is 0 Å². The Morgan fingerprint density at radius 3 is 2.74 bits per heavy atom. The standard InChI is InChI=1S/C15H28N4/c1-12(2)10-19-15(17-11-18-19)9-14(16-3)8-13-6-4-5-7-13/h11-14,16H,4-10H2,1-3H3. The predicted octanol–water partition coefficient (Wildman–Crippen LogP) is 2.64. The zero-order valence-corrected chi connectivity index (χ0v) is 12.6. The van der Waals surface area contributed by atoms with E-state index in [1.165, 1.54) is 32.1 Å². The summed E-state index contributed by atoms with van der Waals surface area (Å²) in [7, 11) is 2.07. The molecular weight excluding hydrogens is 236 g/mol. The van der Waals surface area contributed by atoms with Crippen molar-refractivity contribution in [3.8, 4) is 0 Å². The highest BCUT2D eigenvalue weighted by atomic mass is 15.3. The van der Waals surface area contributed by atoms with Gasteiger partial charge in [0.25, 0.3) is 0 Å². The number of nitrogens with one attached hydrogen (secondary N) is 1. The molecule has 0 spiro atoms. The number of rotatable bonds is 7. The second kappa shape index (κ2) is 7.04. The summed E-state index contributed by atoms with van der Waals surface area (Å²) in [5, 5.41) is 7.82. The van der Waals surface area contributed by atoms with Crippen molar-refractivity contribution in [2.75, 3.05) is 7.05 Å². The van der Waals surface area contributed by atoms with Gasteiger partial charge in [-0.15, -0.1) is 0 Å². The fourth-order valence-corrected chi connectivity index (χ4v) is 3.12. The van der Waals surface area contributed by atoms with Gasteiger partial charge >= 0.3 is 0 Å². The quantitative estimate of drug-likeness (QED) is 0.823. The van der Waals surface area contributed by atoms with Crippen molar-refractivity contribution in [2.45, 2.75) is 65.0 Å². The number of hydrogen-bond donors (Lipinski definition) is 1. The molecule has 1 fully saturated rings. The summed E-state index contributed by atoms with van der Waals surface area (Å²) in [6.45, 7) is 5.41. The molecule has 1 N–H and O–H groups in total.